The SMILES string of the molecule is CCCCCCCCOC(=O)C1=C(C)NC(C)=C(C(=O)NC2CCCC2)C1c1ccccc1[N+](=O)[O-]. The number of hydrogen-bond acceptors (Lipinski definition) is 6. The van der Waals surface area contributed by atoms with Gasteiger partial charge in [-0.05, 0) is 33.1 Å². The van der Waals surface area contributed by atoms with Crippen molar-refractivity contribution < 1.29 is 19.2 Å². The number of amides is 1. The maximum Gasteiger partial charge on any atom is 0.336 e. The van der Waals surface area contributed by atoms with Crippen molar-refractivity contribution in [3.63, 3.8) is 0 Å². The summed E-state index contributed by atoms with van der Waals surface area (Å²) in [6.45, 7) is 5.96. The van der Waals surface area contributed by atoms with Crippen LogP contribution in [0.15, 0.2) is 46.8 Å². The number of carbonyl (C=O) groups is 2. The second-order valence-corrected chi connectivity index (χ2v) is 9.81. The number of nitrogens with one attached hydrogen (secondary N) is 2. The van der Waals surface area contributed by atoms with Crippen molar-refractivity contribution >= 4 is 17.6 Å². The summed E-state index contributed by atoms with van der Waals surface area (Å²) in [6.07, 6.45) is 10.3. The van der Waals surface area contributed by atoms with Crippen molar-refractivity contribution in [1.82, 2.24) is 10.6 Å². The van der Waals surface area contributed by atoms with Crippen molar-refractivity contribution in [1.29, 1.82) is 0 Å². The van der Waals surface area contributed by atoms with Crippen LogP contribution in [0.2, 0.25) is 0 Å². The highest BCUT2D eigenvalue weighted by Crippen LogP contribution is 2.42. The van der Waals surface area contributed by atoms with E-state index in [-0.39, 0.29) is 29.8 Å². The summed E-state index contributed by atoms with van der Waals surface area (Å²) in [5, 5.41) is 18.2. The molecular formula is C28H39N3O5. The first-order chi connectivity index (χ1) is 17.3. The lowest BCUT2D eigenvalue weighted by molar-refractivity contribution is -0.385. The molecule has 1 fully saturated rings. The molecule has 0 bridgehead atoms. The fourth-order valence-electron chi connectivity index (χ4n) is 5.23. The van der Waals surface area contributed by atoms with Gasteiger partial charge in [-0.3, -0.25) is 14.9 Å². The molecule has 1 aliphatic heterocycles. The van der Waals surface area contributed by atoms with Crippen LogP contribution in [-0.2, 0) is 14.3 Å². The first kappa shape index (κ1) is 27.4. The van der Waals surface area contributed by atoms with E-state index in [0.717, 1.165) is 44.9 Å². The van der Waals surface area contributed by atoms with Crippen molar-refractivity contribution in [3.8, 4) is 0 Å². The van der Waals surface area contributed by atoms with Gasteiger partial charge in [-0.15, -0.1) is 0 Å². The molecule has 8 nitrogen and oxygen atoms in total. The third kappa shape index (κ3) is 6.74. The van der Waals surface area contributed by atoms with Crippen molar-refractivity contribution in [2.75, 3.05) is 6.61 Å². The molecule has 1 atom stereocenters. The zero-order valence-electron chi connectivity index (χ0n) is 21.7. The first-order valence-corrected chi connectivity index (χ1v) is 13.2. The summed E-state index contributed by atoms with van der Waals surface area (Å²) < 4.78 is 5.65. The lowest BCUT2D eigenvalue weighted by atomic mass is 9.79. The van der Waals surface area contributed by atoms with Crippen LogP contribution < -0.4 is 10.6 Å². The average Bonchev–Trinajstić information content (AvgIpc) is 3.35. The van der Waals surface area contributed by atoms with Crippen LogP contribution in [0.25, 0.3) is 0 Å². The van der Waals surface area contributed by atoms with Crippen LogP contribution in [0.4, 0.5) is 5.69 Å². The second kappa shape index (κ2) is 13.2. The Labute approximate surface area is 213 Å². The molecule has 0 aromatic heterocycles. The molecule has 0 spiro atoms. The summed E-state index contributed by atoms with van der Waals surface area (Å²) in [5.74, 6) is -1.74. The number of hydrogen-bond donors (Lipinski definition) is 2. The van der Waals surface area contributed by atoms with Gasteiger partial charge < -0.3 is 15.4 Å². The van der Waals surface area contributed by atoms with Gasteiger partial charge in [-0.2, -0.15) is 0 Å². The minimum atomic E-state index is -0.897. The quantitative estimate of drug-likeness (QED) is 0.164. The van der Waals surface area contributed by atoms with Crippen LogP contribution in [0.5, 0.6) is 0 Å². The van der Waals surface area contributed by atoms with Crippen molar-refractivity contribution in [3.05, 3.63) is 62.5 Å². The Hall–Kier alpha value is -3.16. The summed E-state index contributed by atoms with van der Waals surface area (Å²) in [6, 6.07) is 6.39. The molecule has 1 aliphatic carbocycles. The smallest absolute Gasteiger partial charge is 0.336 e. The Morgan fingerprint density at radius 1 is 1.03 bits per heavy atom. The van der Waals surface area contributed by atoms with Gasteiger partial charge in [0.25, 0.3) is 5.69 Å². The molecule has 2 aliphatic rings. The number of allylic oxidation sites excluding steroid dienone is 2. The number of dihydropyridines is 1. The van der Waals surface area contributed by atoms with E-state index in [1.165, 1.54) is 25.3 Å². The molecule has 1 heterocycles. The Kier molecular flexibility index (Phi) is 10.1. The average molecular weight is 498 g/mol. The van der Waals surface area contributed by atoms with Gasteiger partial charge in [-0.25, -0.2) is 4.79 Å². The summed E-state index contributed by atoms with van der Waals surface area (Å²) >= 11 is 0. The molecule has 2 N–H and O–H groups in total. The highest BCUT2D eigenvalue weighted by Gasteiger charge is 2.40. The highest BCUT2D eigenvalue weighted by atomic mass is 16.6. The lowest BCUT2D eigenvalue weighted by Gasteiger charge is -2.31. The van der Waals surface area contributed by atoms with E-state index in [1.54, 1.807) is 32.0 Å². The number of para-hydroxylation sites is 1. The zero-order chi connectivity index (χ0) is 26.1. The fourth-order valence-corrected chi connectivity index (χ4v) is 5.23. The number of nitro benzene ring substituents is 1. The van der Waals surface area contributed by atoms with Gasteiger partial charge in [0.05, 0.1) is 23.0 Å². The summed E-state index contributed by atoms with van der Waals surface area (Å²) in [5.41, 5.74) is 1.88. The van der Waals surface area contributed by atoms with Crippen LogP contribution in [0.1, 0.15) is 96.5 Å². The number of nitro groups is 1. The second-order valence-electron chi connectivity index (χ2n) is 9.81. The molecule has 1 amide bonds. The van der Waals surface area contributed by atoms with Gasteiger partial charge in [0, 0.05) is 34.6 Å². The fraction of sp³-hybridized carbons (Fsp3) is 0.571. The highest BCUT2D eigenvalue weighted by molar-refractivity contribution is 6.02. The molecule has 196 valence electrons. The van der Waals surface area contributed by atoms with Crippen molar-refractivity contribution in [2.24, 2.45) is 0 Å². The predicted octanol–water partition coefficient (Wildman–Crippen LogP) is 5.79. The van der Waals surface area contributed by atoms with E-state index >= 15 is 0 Å². The topological polar surface area (TPSA) is 111 Å². The monoisotopic (exact) mass is 497 g/mol. The van der Waals surface area contributed by atoms with Crippen LogP contribution in [0.3, 0.4) is 0 Å². The minimum absolute atomic E-state index is 0.0688. The molecule has 0 radical (unpaired) electrons. The standard InChI is InChI=1S/C28H39N3O5/c1-4-5-6-7-8-13-18-36-28(33)25-20(3)29-19(2)24(27(32)30-21-14-9-10-15-21)26(25)22-16-11-12-17-23(22)31(34)35/h11-12,16-17,21,26,29H,4-10,13-15,18H2,1-3H3,(H,30,32). The van der Waals surface area contributed by atoms with E-state index < -0.39 is 16.8 Å². The number of esters is 1. The van der Waals surface area contributed by atoms with Gasteiger partial charge in [0.1, 0.15) is 0 Å². The molecule has 36 heavy (non-hydrogen) atoms. The number of nitrogens with zero attached hydrogens (tertiary/aromatic N) is 1. The Morgan fingerprint density at radius 3 is 2.36 bits per heavy atom. The van der Waals surface area contributed by atoms with Crippen LogP contribution in [-0.4, -0.2) is 29.4 Å². The van der Waals surface area contributed by atoms with E-state index in [1.807, 2.05) is 0 Å². The predicted molar refractivity (Wildman–Crippen MR) is 139 cm³/mol. The number of unbranched alkanes of at least 4 members (excludes halogenated alkanes) is 5. The molecule has 1 saturated carbocycles. The summed E-state index contributed by atoms with van der Waals surface area (Å²) in [4.78, 5) is 38.4. The molecular weight excluding hydrogens is 458 g/mol. The molecule has 1 aromatic rings. The van der Waals surface area contributed by atoms with E-state index in [4.69, 9.17) is 4.74 Å². The normalized spacial score (nSPS) is 18.2. The third-order valence-corrected chi connectivity index (χ3v) is 7.09. The zero-order valence-corrected chi connectivity index (χ0v) is 21.7. The molecule has 3 rings (SSSR count). The number of carbonyl (C=O) groups excluding carboxylic acids is 2. The van der Waals surface area contributed by atoms with Crippen LogP contribution in [0, 0.1) is 10.1 Å². The van der Waals surface area contributed by atoms with Gasteiger partial charge in [0.15, 0.2) is 0 Å². The number of ether oxygens (including phenoxy) is 1. The Balaban J connectivity index is 1.90. The lowest BCUT2D eigenvalue weighted by Crippen LogP contribution is -2.40. The van der Waals surface area contributed by atoms with Gasteiger partial charge in [0.2, 0.25) is 5.91 Å². The molecule has 8 heteroatoms. The van der Waals surface area contributed by atoms with E-state index in [9.17, 15) is 19.7 Å². The summed E-state index contributed by atoms with van der Waals surface area (Å²) in [7, 11) is 0. The third-order valence-electron chi connectivity index (χ3n) is 7.09. The molecule has 1 unspecified atom stereocenters. The number of rotatable bonds is 12. The van der Waals surface area contributed by atoms with E-state index in [0.29, 0.717) is 22.5 Å². The van der Waals surface area contributed by atoms with Crippen LogP contribution >= 0.6 is 0 Å². The number of benzene rings is 1. The Morgan fingerprint density at radius 2 is 1.67 bits per heavy atom. The maximum atomic E-state index is 13.5. The largest absolute Gasteiger partial charge is 0.462 e. The van der Waals surface area contributed by atoms with Gasteiger partial charge in [-0.1, -0.05) is 70.1 Å². The molecule has 1 aromatic carbocycles. The molecule has 0 saturated heterocycles. The Bertz CT molecular complexity index is 1020. The maximum absolute atomic E-state index is 13.5. The van der Waals surface area contributed by atoms with E-state index in [2.05, 4.69) is 17.6 Å². The first-order valence-electron chi connectivity index (χ1n) is 13.2. The van der Waals surface area contributed by atoms with Crippen molar-refractivity contribution in [2.45, 2.75) is 96.9 Å². The van der Waals surface area contributed by atoms with Gasteiger partial charge >= 0.3 is 5.97 Å². The minimum Gasteiger partial charge on any atom is -0.462 e.